The van der Waals surface area contributed by atoms with Gasteiger partial charge in [-0.05, 0) is 65.6 Å². The minimum Gasteiger partial charge on any atom is -0.512 e. The standard InChI is InChI=1S/C26H21N2S.C13H24O2.Ir/c1-26(2,3)22-13-20(12-17-6-4-5-7-21(17)22)24-14-18(8-10-27-24)23-15-19-9-11-29-25(19)16-28-23;1-5-10(6-2)12(14)9-13(15)11(7-3)8-4;/h4-11,13-16H,1-3H3;9-11,14H,5-8H2,1-4H3;/q-1;;/b;12-9-;. The molecule has 2 aromatic carbocycles. The number of hydrogen-bond acceptors (Lipinski definition) is 5. The molecule has 0 saturated heterocycles. The van der Waals surface area contributed by atoms with Crippen LogP contribution in [-0.4, -0.2) is 20.9 Å². The zero-order chi connectivity index (χ0) is 31.9. The second-order valence-corrected chi connectivity index (χ2v) is 13.3. The van der Waals surface area contributed by atoms with Crippen LogP contribution in [0.2, 0.25) is 0 Å². The molecule has 0 spiro atoms. The van der Waals surface area contributed by atoms with Gasteiger partial charge >= 0.3 is 0 Å². The fourth-order valence-corrected chi connectivity index (χ4v) is 6.27. The van der Waals surface area contributed by atoms with Gasteiger partial charge in [0.2, 0.25) is 0 Å². The molecule has 0 aliphatic heterocycles. The average molecular weight is 798 g/mol. The number of rotatable bonds is 9. The van der Waals surface area contributed by atoms with Crippen LogP contribution in [0, 0.1) is 17.9 Å². The fourth-order valence-electron chi connectivity index (χ4n) is 5.53. The van der Waals surface area contributed by atoms with Gasteiger partial charge in [-0.3, -0.25) is 14.8 Å². The predicted molar refractivity (Wildman–Crippen MR) is 187 cm³/mol. The SMILES string of the molecule is CC(C)(C)c1cc(-c2cc(-c3cc4ccsc4cn3)ccn2)[c-]c2ccccc12.CCC(CC)C(=O)/C=C(\O)C(CC)CC.[Ir]. The molecular formula is C39H45IrN2O2S-. The predicted octanol–water partition coefficient (Wildman–Crippen LogP) is 11.1. The summed E-state index contributed by atoms with van der Waals surface area (Å²) in [6, 6.07) is 22.7. The minimum absolute atomic E-state index is 0. The molecule has 0 aliphatic rings. The summed E-state index contributed by atoms with van der Waals surface area (Å²) in [6.45, 7) is 14.8. The van der Waals surface area contributed by atoms with Crippen molar-refractivity contribution >= 4 is 38.0 Å². The summed E-state index contributed by atoms with van der Waals surface area (Å²) in [7, 11) is 0. The third-order valence-electron chi connectivity index (χ3n) is 8.34. The molecule has 3 aromatic heterocycles. The van der Waals surface area contributed by atoms with Gasteiger partial charge in [-0.15, -0.1) is 40.5 Å². The number of thiophene rings is 1. The van der Waals surface area contributed by atoms with E-state index in [4.69, 9.17) is 0 Å². The summed E-state index contributed by atoms with van der Waals surface area (Å²) in [5.41, 5.74) is 5.33. The number of carbonyl (C=O) groups excluding carboxylic acids is 1. The monoisotopic (exact) mass is 798 g/mol. The molecule has 0 fully saturated rings. The van der Waals surface area contributed by atoms with Crippen LogP contribution in [0.1, 0.15) is 79.7 Å². The molecule has 4 nitrogen and oxygen atoms in total. The summed E-state index contributed by atoms with van der Waals surface area (Å²) in [4.78, 5) is 21.0. The van der Waals surface area contributed by atoms with E-state index < -0.39 is 0 Å². The van der Waals surface area contributed by atoms with Crippen molar-refractivity contribution in [2.45, 2.75) is 79.6 Å². The van der Waals surface area contributed by atoms with Gasteiger partial charge in [-0.25, -0.2) is 0 Å². The van der Waals surface area contributed by atoms with Crippen LogP contribution in [0.15, 0.2) is 84.2 Å². The van der Waals surface area contributed by atoms with Crippen LogP contribution in [0.4, 0.5) is 0 Å². The smallest absolute Gasteiger partial charge is 0.162 e. The average Bonchev–Trinajstić information content (AvgIpc) is 3.50. The van der Waals surface area contributed by atoms with Gasteiger partial charge in [0, 0.05) is 56.1 Å². The second kappa shape index (κ2) is 16.4. The van der Waals surface area contributed by atoms with Crippen molar-refractivity contribution in [3.63, 3.8) is 0 Å². The molecule has 6 heteroatoms. The van der Waals surface area contributed by atoms with Gasteiger partial charge in [-0.1, -0.05) is 83.7 Å². The summed E-state index contributed by atoms with van der Waals surface area (Å²) in [5.74, 6) is 0.547. The topological polar surface area (TPSA) is 63.1 Å². The zero-order valence-electron chi connectivity index (χ0n) is 27.5. The Morgan fingerprint density at radius 2 is 1.60 bits per heavy atom. The number of aliphatic hydroxyl groups excluding tert-OH is 1. The molecule has 3 heterocycles. The molecule has 0 amide bonds. The van der Waals surface area contributed by atoms with Gasteiger partial charge in [0.05, 0.1) is 16.2 Å². The van der Waals surface area contributed by atoms with Crippen LogP contribution >= 0.6 is 11.3 Å². The van der Waals surface area contributed by atoms with Crippen LogP contribution in [0.25, 0.3) is 43.4 Å². The maximum Gasteiger partial charge on any atom is 0.162 e. The molecule has 5 aromatic rings. The summed E-state index contributed by atoms with van der Waals surface area (Å²) in [6.07, 6.45) is 8.72. The Morgan fingerprint density at radius 1 is 0.911 bits per heavy atom. The summed E-state index contributed by atoms with van der Waals surface area (Å²) in [5, 5.41) is 15.5. The summed E-state index contributed by atoms with van der Waals surface area (Å²) >= 11 is 1.72. The third kappa shape index (κ3) is 8.97. The van der Waals surface area contributed by atoms with E-state index in [1.165, 1.54) is 27.1 Å². The van der Waals surface area contributed by atoms with Crippen molar-refractivity contribution in [3.05, 3.63) is 95.8 Å². The number of aromatic nitrogens is 2. The first kappa shape index (κ1) is 36.3. The quantitative estimate of drug-likeness (QED) is 0.0917. The van der Waals surface area contributed by atoms with Crippen LogP contribution in [0.5, 0.6) is 0 Å². The van der Waals surface area contributed by atoms with Crippen LogP contribution in [0.3, 0.4) is 0 Å². The van der Waals surface area contributed by atoms with Gasteiger partial charge in [0.25, 0.3) is 0 Å². The molecule has 239 valence electrons. The first-order valence-corrected chi connectivity index (χ1v) is 16.7. The van der Waals surface area contributed by atoms with Crippen molar-refractivity contribution in [2.75, 3.05) is 0 Å². The Bertz CT molecular complexity index is 1740. The fraction of sp³-hybridized carbons (Fsp3) is 0.359. The normalized spacial score (nSPS) is 11.9. The van der Waals surface area contributed by atoms with E-state index in [1.54, 1.807) is 11.3 Å². The van der Waals surface area contributed by atoms with Crippen molar-refractivity contribution < 1.29 is 30.0 Å². The molecule has 1 radical (unpaired) electrons. The molecule has 0 saturated carbocycles. The first-order chi connectivity index (χ1) is 21.1. The van der Waals surface area contributed by atoms with Gasteiger partial charge in [0.1, 0.15) is 0 Å². The summed E-state index contributed by atoms with van der Waals surface area (Å²) < 4.78 is 1.21. The number of nitrogens with zero attached hydrogens (tertiary/aromatic N) is 2. The van der Waals surface area contributed by atoms with Gasteiger partial charge < -0.3 is 5.11 Å². The largest absolute Gasteiger partial charge is 0.512 e. The number of carbonyl (C=O) groups is 1. The van der Waals surface area contributed by atoms with E-state index in [9.17, 15) is 9.90 Å². The Hall–Kier alpha value is -3.18. The van der Waals surface area contributed by atoms with Crippen LogP contribution in [-0.2, 0) is 30.3 Å². The van der Waals surface area contributed by atoms with E-state index >= 15 is 0 Å². The molecule has 0 bridgehead atoms. The molecule has 45 heavy (non-hydrogen) atoms. The number of ketones is 1. The number of allylic oxidation sites excluding steroid dienone is 2. The van der Waals surface area contributed by atoms with Crippen molar-refractivity contribution in [1.82, 2.24) is 9.97 Å². The maximum absolute atomic E-state index is 11.7. The van der Waals surface area contributed by atoms with Crippen molar-refractivity contribution in [3.8, 4) is 22.5 Å². The minimum atomic E-state index is 0. The van der Waals surface area contributed by atoms with E-state index in [-0.39, 0.29) is 48.9 Å². The number of hydrogen-bond donors (Lipinski definition) is 1. The van der Waals surface area contributed by atoms with Crippen molar-refractivity contribution in [1.29, 1.82) is 0 Å². The van der Waals surface area contributed by atoms with Crippen LogP contribution < -0.4 is 0 Å². The number of fused-ring (bicyclic) bond motifs is 2. The Morgan fingerprint density at radius 3 is 2.27 bits per heavy atom. The molecule has 1 N–H and O–H groups in total. The molecule has 0 atom stereocenters. The molecular weight excluding hydrogens is 753 g/mol. The first-order valence-electron chi connectivity index (χ1n) is 15.8. The Balaban J connectivity index is 0.000000297. The zero-order valence-corrected chi connectivity index (χ0v) is 30.7. The molecule has 0 aliphatic carbocycles. The van der Waals surface area contributed by atoms with Gasteiger partial charge in [0.15, 0.2) is 5.78 Å². The van der Waals surface area contributed by atoms with Gasteiger partial charge in [-0.2, -0.15) is 0 Å². The van der Waals surface area contributed by atoms with E-state index in [0.29, 0.717) is 0 Å². The number of pyridine rings is 2. The maximum atomic E-state index is 11.7. The third-order valence-corrected chi connectivity index (χ3v) is 9.20. The second-order valence-electron chi connectivity index (χ2n) is 12.3. The molecule has 0 unspecified atom stereocenters. The Kier molecular flexibility index (Phi) is 13.2. The van der Waals surface area contributed by atoms with Crippen molar-refractivity contribution in [2.24, 2.45) is 11.8 Å². The van der Waals surface area contributed by atoms with E-state index in [2.05, 4.69) is 90.7 Å². The number of benzene rings is 2. The van der Waals surface area contributed by atoms with E-state index in [1.807, 2.05) is 46.2 Å². The number of aliphatic hydroxyl groups is 1. The molecule has 5 rings (SSSR count). The Labute approximate surface area is 286 Å². The van der Waals surface area contributed by atoms with E-state index in [0.717, 1.165) is 53.6 Å².